The van der Waals surface area contributed by atoms with E-state index in [0.717, 1.165) is 11.1 Å². The lowest BCUT2D eigenvalue weighted by molar-refractivity contribution is -0.116. The summed E-state index contributed by atoms with van der Waals surface area (Å²) >= 11 is 6.30. The highest BCUT2D eigenvalue weighted by atomic mass is 35.5. The van der Waals surface area contributed by atoms with Crippen LogP contribution in [0.2, 0.25) is 5.02 Å². The number of amides is 1. The summed E-state index contributed by atoms with van der Waals surface area (Å²) in [5.41, 5.74) is 1.65. The van der Waals surface area contributed by atoms with Crippen molar-refractivity contribution in [2.24, 2.45) is 0 Å². The molecule has 6 nitrogen and oxygen atoms in total. The molecule has 0 radical (unpaired) electrons. The first-order chi connectivity index (χ1) is 13.5. The van der Waals surface area contributed by atoms with Gasteiger partial charge in [0, 0.05) is 12.6 Å². The Hall–Kier alpha value is -2.86. The molecular formula is C21H22ClNO5. The van der Waals surface area contributed by atoms with Crippen LogP contribution in [0.5, 0.6) is 23.0 Å². The van der Waals surface area contributed by atoms with Crippen LogP contribution in [0.25, 0.3) is 6.08 Å². The normalized spacial score (nSPS) is 12.5. The van der Waals surface area contributed by atoms with Gasteiger partial charge in [0.15, 0.2) is 23.0 Å². The monoisotopic (exact) mass is 403 g/mol. The zero-order valence-corrected chi connectivity index (χ0v) is 16.7. The maximum absolute atomic E-state index is 12.1. The molecule has 3 rings (SSSR count). The predicted molar refractivity (Wildman–Crippen MR) is 107 cm³/mol. The van der Waals surface area contributed by atoms with Crippen molar-refractivity contribution in [2.75, 3.05) is 13.9 Å². The van der Waals surface area contributed by atoms with Gasteiger partial charge in [-0.1, -0.05) is 17.7 Å². The van der Waals surface area contributed by atoms with Gasteiger partial charge in [-0.2, -0.15) is 0 Å². The van der Waals surface area contributed by atoms with Gasteiger partial charge >= 0.3 is 0 Å². The summed E-state index contributed by atoms with van der Waals surface area (Å²) in [5, 5.41) is 3.25. The van der Waals surface area contributed by atoms with Crippen molar-refractivity contribution in [1.29, 1.82) is 0 Å². The van der Waals surface area contributed by atoms with Crippen molar-refractivity contribution in [3.63, 3.8) is 0 Å². The highest BCUT2D eigenvalue weighted by Gasteiger charge is 2.14. The van der Waals surface area contributed by atoms with Gasteiger partial charge in [0.05, 0.1) is 18.2 Å². The number of fused-ring (bicyclic) bond motifs is 1. The molecule has 7 heteroatoms. The van der Waals surface area contributed by atoms with Gasteiger partial charge in [-0.25, -0.2) is 0 Å². The van der Waals surface area contributed by atoms with Crippen LogP contribution in [-0.4, -0.2) is 25.9 Å². The predicted octanol–water partition coefficient (Wildman–Crippen LogP) is 4.19. The number of hydrogen-bond acceptors (Lipinski definition) is 5. The highest BCUT2D eigenvalue weighted by molar-refractivity contribution is 6.32. The fraction of sp³-hybridized carbons (Fsp3) is 0.286. The van der Waals surface area contributed by atoms with Crippen LogP contribution >= 0.6 is 11.6 Å². The minimum absolute atomic E-state index is 0.0326. The Kier molecular flexibility index (Phi) is 6.31. The van der Waals surface area contributed by atoms with Crippen LogP contribution in [0.4, 0.5) is 0 Å². The average molecular weight is 404 g/mol. The molecule has 0 aliphatic carbocycles. The second-order valence-corrected chi connectivity index (χ2v) is 6.85. The molecule has 28 heavy (non-hydrogen) atoms. The number of nitrogens with one attached hydrogen (secondary N) is 1. The molecule has 1 heterocycles. The Labute approximate surface area is 169 Å². The van der Waals surface area contributed by atoms with E-state index in [1.54, 1.807) is 25.3 Å². The van der Waals surface area contributed by atoms with Crippen molar-refractivity contribution < 1.29 is 23.7 Å². The van der Waals surface area contributed by atoms with Crippen LogP contribution in [0.15, 0.2) is 36.4 Å². The van der Waals surface area contributed by atoms with Gasteiger partial charge in [-0.05, 0) is 55.3 Å². The van der Waals surface area contributed by atoms with E-state index in [1.165, 1.54) is 6.08 Å². The molecule has 0 atom stereocenters. The molecule has 0 bridgehead atoms. The molecule has 0 unspecified atom stereocenters. The standard InChI is InChI=1S/C21H22ClNO5/c1-13(2)28-21-16(22)8-14(9-19(21)25-3)5-7-20(24)23-11-15-4-6-17-18(10-15)27-12-26-17/h4-10,13H,11-12H2,1-3H3,(H,23,24)/b7-5+. The van der Waals surface area contributed by atoms with Gasteiger partial charge in [0.2, 0.25) is 12.7 Å². The number of methoxy groups -OCH3 is 1. The topological polar surface area (TPSA) is 66.0 Å². The third-order valence-electron chi connectivity index (χ3n) is 3.94. The molecule has 1 amide bonds. The summed E-state index contributed by atoms with van der Waals surface area (Å²) in [6.07, 6.45) is 3.08. The lowest BCUT2D eigenvalue weighted by Gasteiger charge is -2.15. The minimum Gasteiger partial charge on any atom is -0.493 e. The molecule has 0 fully saturated rings. The fourth-order valence-corrected chi connectivity index (χ4v) is 2.92. The van der Waals surface area contributed by atoms with E-state index in [1.807, 2.05) is 32.0 Å². The molecule has 0 saturated heterocycles. The van der Waals surface area contributed by atoms with E-state index in [9.17, 15) is 4.79 Å². The third-order valence-corrected chi connectivity index (χ3v) is 4.22. The maximum Gasteiger partial charge on any atom is 0.244 e. The lowest BCUT2D eigenvalue weighted by Crippen LogP contribution is -2.20. The quantitative estimate of drug-likeness (QED) is 0.702. The highest BCUT2D eigenvalue weighted by Crippen LogP contribution is 2.37. The maximum atomic E-state index is 12.1. The second-order valence-electron chi connectivity index (χ2n) is 6.44. The van der Waals surface area contributed by atoms with Gasteiger partial charge in [0.1, 0.15) is 0 Å². The zero-order valence-electron chi connectivity index (χ0n) is 16.0. The first kappa shape index (κ1) is 19.9. The molecule has 0 saturated carbocycles. The number of hydrogen-bond donors (Lipinski definition) is 1. The summed E-state index contributed by atoms with van der Waals surface area (Å²) in [4.78, 5) is 12.1. The molecule has 0 aromatic heterocycles. The van der Waals surface area contributed by atoms with Crippen molar-refractivity contribution in [1.82, 2.24) is 5.32 Å². The largest absolute Gasteiger partial charge is 0.493 e. The van der Waals surface area contributed by atoms with Gasteiger partial charge < -0.3 is 24.3 Å². The van der Waals surface area contributed by atoms with Gasteiger partial charge in [-0.15, -0.1) is 0 Å². The summed E-state index contributed by atoms with van der Waals surface area (Å²) in [6, 6.07) is 9.06. The smallest absolute Gasteiger partial charge is 0.244 e. The van der Waals surface area contributed by atoms with E-state index in [2.05, 4.69) is 5.32 Å². The van der Waals surface area contributed by atoms with Gasteiger partial charge in [-0.3, -0.25) is 4.79 Å². The zero-order chi connectivity index (χ0) is 20.1. The van der Waals surface area contributed by atoms with E-state index < -0.39 is 0 Å². The number of halogens is 1. The van der Waals surface area contributed by atoms with Crippen LogP contribution in [0.1, 0.15) is 25.0 Å². The van der Waals surface area contributed by atoms with E-state index >= 15 is 0 Å². The Morgan fingerprint density at radius 3 is 2.79 bits per heavy atom. The van der Waals surface area contributed by atoms with Crippen LogP contribution in [0, 0.1) is 0 Å². The van der Waals surface area contributed by atoms with Crippen LogP contribution in [0.3, 0.4) is 0 Å². The molecule has 2 aromatic rings. The molecule has 1 N–H and O–H groups in total. The number of benzene rings is 2. The van der Waals surface area contributed by atoms with Crippen LogP contribution < -0.4 is 24.3 Å². The number of carbonyl (C=O) groups is 1. The van der Waals surface area contributed by atoms with E-state index in [0.29, 0.717) is 34.6 Å². The minimum atomic E-state index is -0.227. The summed E-state index contributed by atoms with van der Waals surface area (Å²) in [5.74, 6) is 2.18. The molecule has 148 valence electrons. The first-order valence-electron chi connectivity index (χ1n) is 8.85. The summed E-state index contributed by atoms with van der Waals surface area (Å²) in [6.45, 7) is 4.42. The number of carbonyl (C=O) groups excluding carboxylic acids is 1. The Morgan fingerprint density at radius 2 is 2.04 bits per heavy atom. The van der Waals surface area contributed by atoms with Crippen molar-refractivity contribution in [3.05, 3.63) is 52.6 Å². The first-order valence-corrected chi connectivity index (χ1v) is 9.22. The summed E-state index contributed by atoms with van der Waals surface area (Å²) in [7, 11) is 1.55. The van der Waals surface area contributed by atoms with E-state index in [-0.39, 0.29) is 18.8 Å². The lowest BCUT2D eigenvalue weighted by atomic mass is 10.1. The Morgan fingerprint density at radius 1 is 1.25 bits per heavy atom. The molecule has 0 spiro atoms. The van der Waals surface area contributed by atoms with Crippen molar-refractivity contribution >= 4 is 23.6 Å². The fourth-order valence-electron chi connectivity index (χ4n) is 2.66. The van der Waals surface area contributed by atoms with Crippen LogP contribution in [-0.2, 0) is 11.3 Å². The molecular weight excluding hydrogens is 382 g/mol. The number of ether oxygens (including phenoxy) is 4. The van der Waals surface area contributed by atoms with Crippen molar-refractivity contribution in [3.8, 4) is 23.0 Å². The van der Waals surface area contributed by atoms with E-state index in [4.69, 9.17) is 30.5 Å². The molecule has 1 aliphatic rings. The van der Waals surface area contributed by atoms with Gasteiger partial charge in [0.25, 0.3) is 0 Å². The third kappa shape index (κ3) is 4.89. The van der Waals surface area contributed by atoms with Crippen molar-refractivity contribution in [2.45, 2.75) is 26.5 Å². The SMILES string of the molecule is COc1cc(/C=C/C(=O)NCc2ccc3c(c2)OCO3)cc(Cl)c1OC(C)C. The second kappa shape index (κ2) is 8.89. The average Bonchev–Trinajstić information content (AvgIpc) is 3.14. The summed E-state index contributed by atoms with van der Waals surface area (Å²) < 4.78 is 21.6. The molecule has 1 aliphatic heterocycles. The molecule has 2 aromatic carbocycles. The Bertz CT molecular complexity index is 895. The number of rotatable bonds is 7. The Balaban J connectivity index is 1.62.